The number of rotatable bonds is 6. The molecule has 2 N–H and O–H groups in total. The molecule has 2 aromatic carbocycles. The zero-order chi connectivity index (χ0) is 19.1. The van der Waals surface area contributed by atoms with Crippen LogP contribution in [0, 0.1) is 5.82 Å². The molecule has 0 spiro atoms. The first-order valence-electron chi connectivity index (χ1n) is 7.65. The Kier molecular flexibility index (Phi) is 6.74. The lowest BCUT2D eigenvalue weighted by Crippen LogP contribution is -2.25. The van der Waals surface area contributed by atoms with Crippen molar-refractivity contribution >= 4 is 28.7 Å². The van der Waals surface area contributed by atoms with Crippen molar-refractivity contribution in [2.24, 2.45) is 5.10 Å². The predicted octanol–water partition coefficient (Wildman–Crippen LogP) is 3.56. The molecule has 0 saturated carbocycles. The molecule has 0 aromatic heterocycles. The first-order valence-corrected chi connectivity index (χ1v) is 8.06. The summed E-state index contributed by atoms with van der Waals surface area (Å²) in [5.74, 6) is 0.923. The number of anilines is 1. The van der Waals surface area contributed by atoms with E-state index < -0.39 is 5.82 Å². The third-order valence-corrected chi connectivity index (χ3v) is 3.73. The van der Waals surface area contributed by atoms with Gasteiger partial charge in [0.1, 0.15) is 0 Å². The topological polar surface area (TPSA) is 64.1 Å². The van der Waals surface area contributed by atoms with Gasteiger partial charge < -0.3 is 19.5 Å². The number of benzene rings is 2. The van der Waals surface area contributed by atoms with Gasteiger partial charge in [0.25, 0.3) is 0 Å². The van der Waals surface area contributed by atoms with E-state index in [1.807, 2.05) is 0 Å². The van der Waals surface area contributed by atoms with Crippen LogP contribution in [0.1, 0.15) is 12.5 Å². The van der Waals surface area contributed by atoms with Crippen molar-refractivity contribution in [1.29, 1.82) is 0 Å². The van der Waals surface area contributed by atoms with Gasteiger partial charge >= 0.3 is 0 Å². The maximum atomic E-state index is 13.8. The first kappa shape index (κ1) is 19.5. The maximum Gasteiger partial charge on any atom is 0.191 e. The second-order valence-corrected chi connectivity index (χ2v) is 5.59. The zero-order valence-electron chi connectivity index (χ0n) is 14.9. The molecule has 0 unspecified atom stereocenters. The molecule has 2 rings (SSSR count). The number of hydrogen-bond donors (Lipinski definition) is 2. The van der Waals surface area contributed by atoms with Crippen LogP contribution < -0.4 is 25.0 Å². The van der Waals surface area contributed by atoms with Crippen molar-refractivity contribution < 1.29 is 18.6 Å². The Balaban J connectivity index is 2.03. The third-order valence-electron chi connectivity index (χ3n) is 3.54. The van der Waals surface area contributed by atoms with Crippen LogP contribution >= 0.6 is 12.2 Å². The van der Waals surface area contributed by atoms with E-state index in [9.17, 15) is 4.39 Å². The van der Waals surface area contributed by atoms with Crippen LogP contribution in [0.3, 0.4) is 0 Å². The normalized spacial score (nSPS) is 10.9. The van der Waals surface area contributed by atoms with Crippen molar-refractivity contribution in [2.45, 2.75) is 6.92 Å². The molecule has 8 heteroatoms. The standard InChI is InChI=1S/C18H20FN3O3S/c1-11(12-5-7-15(23-2)14(19)9-12)21-22-18(26)20-13-6-8-16(24-3)17(10-13)25-4/h5-10H,1-4H3,(H2,20,22,26)/b21-11-. The number of hydrogen-bond acceptors (Lipinski definition) is 5. The largest absolute Gasteiger partial charge is 0.494 e. The summed E-state index contributed by atoms with van der Waals surface area (Å²) in [4.78, 5) is 0. The number of methoxy groups -OCH3 is 3. The minimum Gasteiger partial charge on any atom is -0.494 e. The van der Waals surface area contributed by atoms with Gasteiger partial charge in [0, 0.05) is 17.3 Å². The molecule has 0 atom stereocenters. The van der Waals surface area contributed by atoms with E-state index in [0.717, 1.165) is 0 Å². The van der Waals surface area contributed by atoms with Gasteiger partial charge in [-0.2, -0.15) is 5.10 Å². The van der Waals surface area contributed by atoms with Gasteiger partial charge in [0.05, 0.1) is 27.0 Å². The van der Waals surface area contributed by atoms with Gasteiger partial charge in [0.15, 0.2) is 28.2 Å². The molecule has 0 fully saturated rings. The highest BCUT2D eigenvalue weighted by atomic mass is 32.1. The van der Waals surface area contributed by atoms with Crippen molar-refractivity contribution in [1.82, 2.24) is 5.43 Å². The van der Waals surface area contributed by atoms with Crippen LogP contribution in [-0.4, -0.2) is 32.2 Å². The first-order chi connectivity index (χ1) is 12.5. The molecule has 0 saturated heterocycles. The minimum absolute atomic E-state index is 0.181. The second-order valence-electron chi connectivity index (χ2n) is 5.18. The summed E-state index contributed by atoms with van der Waals surface area (Å²) in [5.41, 5.74) is 4.63. The lowest BCUT2D eigenvalue weighted by atomic mass is 10.1. The highest BCUT2D eigenvalue weighted by Gasteiger charge is 2.07. The second kappa shape index (κ2) is 9.00. The van der Waals surface area contributed by atoms with Crippen molar-refractivity contribution in [3.8, 4) is 17.2 Å². The summed E-state index contributed by atoms with van der Waals surface area (Å²) in [6.45, 7) is 1.74. The molecule has 0 aliphatic heterocycles. The van der Waals surface area contributed by atoms with E-state index in [-0.39, 0.29) is 10.9 Å². The molecule has 138 valence electrons. The highest BCUT2D eigenvalue weighted by molar-refractivity contribution is 7.80. The Hall–Kier alpha value is -2.87. The van der Waals surface area contributed by atoms with E-state index in [0.29, 0.717) is 28.5 Å². The molecule has 6 nitrogen and oxygen atoms in total. The molecule has 2 aromatic rings. The molecule has 0 amide bonds. The predicted molar refractivity (Wildman–Crippen MR) is 104 cm³/mol. The average molecular weight is 377 g/mol. The number of nitrogens with zero attached hydrogens (tertiary/aromatic N) is 1. The van der Waals surface area contributed by atoms with E-state index in [1.165, 1.54) is 13.2 Å². The number of thiocarbonyl (C=S) groups is 1. The molecule has 0 bridgehead atoms. The Bertz CT molecular complexity index is 827. The fraction of sp³-hybridized carbons (Fsp3) is 0.222. The number of hydrazone groups is 1. The molecular formula is C18H20FN3O3S. The Morgan fingerprint density at radius 2 is 1.62 bits per heavy atom. The lowest BCUT2D eigenvalue weighted by Gasteiger charge is -2.12. The maximum absolute atomic E-state index is 13.8. The average Bonchev–Trinajstić information content (AvgIpc) is 2.65. The molecule has 0 heterocycles. The van der Waals surface area contributed by atoms with Crippen LogP contribution in [0.4, 0.5) is 10.1 Å². The summed E-state index contributed by atoms with van der Waals surface area (Å²) in [7, 11) is 4.54. The van der Waals surface area contributed by atoms with Crippen LogP contribution in [0.25, 0.3) is 0 Å². The SMILES string of the molecule is COc1ccc(/C(C)=N\NC(=S)Nc2ccc(OC)c(OC)c2)cc1F. The van der Waals surface area contributed by atoms with Crippen LogP contribution in [-0.2, 0) is 0 Å². The Labute approximate surface area is 157 Å². The molecule has 0 aliphatic rings. The van der Waals surface area contributed by atoms with Crippen LogP contribution in [0.2, 0.25) is 0 Å². The van der Waals surface area contributed by atoms with Gasteiger partial charge in [-0.1, -0.05) is 0 Å². The summed E-state index contributed by atoms with van der Waals surface area (Å²) < 4.78 is 29.1. The lowest BCUT2D eigenvalue weighted by molar-refractivity contribution is 0.355. The molecule has 0 aliphatic carbocycles. The van der Waals surface area contributed by atoms with Gasteiger partial charge in [-0.3, -0.25) is 5.43 Å². The van der Waals surface area contributed by atoms with Crippen molar-refractivity contribution in [3.63, 3.8) is 0 Å². The quantitative estimate of drug-likeness (QED) is 0.456. The van der Waals surface area contributed by atoms with E-state index in [1.54, 1.807) is 51.5 Å². The molecule has 0 radical (unpaired) electrons. The summed E-state index contributed by atoms with van der Waals surface area (Å²) in [6, 6.07) is 9.92. The number of halogens is 1. The van der Waals surface area contributed by atoms with Gasteiger partial charge in [-0.15, -0.1) is 0 Å². The van der Waals surface area contributed by atoms with E-state index in [4.69, 9.17) is 26.4 Å². The highest BCUT2D eigenvalue weighted by Crippen LogP contribution is 2.29. The monoisotopic (exact) mass is 377 g/mol. The summed E-state index contributed by atoms with van der Waals surface area (Å²) in [5, 5.41) is 7.43. The van der Waals surface area contributed by atoms with Crippen LogP contribution in [0.15, 0.2) is 41.5 Å². The number of nitrogens with one attached hydrogen (secondary N) is 2. The Morgan fingerprint density at radius 3 is 2.23 bits per heavy atom. The fourth-order valence-corrected chi connectivity index (χ4v) is 2.33. The smallest absolute Gasteiger partial charge is 0.191 e. The van der Waals surface area contributed by atoms with E-state index in [2.05, 4.69) is 15.8 Å². The Morgan fingerprint density at radius 1 is 0.962 bits per heavy atom. The van der Waals surface area contributed by atoms with Gasteiger partial charge in [-0.05, 0) is 49.5 Å². The van der Waals surface area contributed by atoms with Gasteiger partial charge in [-0.25, -0.2) is 4.39 Å². The zero-order valence-corrected chi connectivity index (χ0v) is 15.7. The molecule has 26 heavy (non-hydrogen) atoms. The minimum atomic E-state index is -0.453. The number of ether oxygens (including phenoxy) is 3. The van der Waals surface area contributed by atoms with Crippen molar-refractivity contribution in [2.75, 3.05) is 26.6 Å². The van der Waals surface area contributed by atoms with Gasteiger partial charge in [0.2, 0.25) is 0 Å². The van der Waals surface area contributed by atoms with E-state index >= 15 is 0 Å². The third kappa shape index (κ3) is 4.82. The fourth-order valence-electron chi connectivity index (χ4n) is 2.16. The van der Waals surface area contributed by atoms with Crippen molar-refractivity contribution in [3.05, 3.63) is 47.8 Å². The summed E-state index contributed by atoms with van der Waals surface area (Å²) >= 11 is 5.22. The van der Waals surface area contributed by atoms with Crippen LogP contribution in [0.5, 0.6) is 17.2 Å². The molecular weight excluding hydrogens is 357 g/mol. The summed E-state index contributed by atoms with van der Waals surface area (Å²) in [6.07, 6.45) is 0.